The van der Waals surface area contributed by atoms with E-state index in [0.29, 0.717) is 5.56 Å². The first-order valence-corrected chi connectivity index (χ1v) is 8.50. The quantitative estimate of drug-likeness (QED) is 0.400. The second-order valence-electron chi connectivity index (χ2n) is 6.03. The van der Waals surface area contributed by atoms with E-state index in [2.05, 4.69) is 4.98 Å². The Hall–Kier alpha value is -3.73. The van der Waals surface area contributed by atoms with Gasteiger partial charge in [0.05, 0.1) is 0 Å². The van der Waals surface area contributed by atoms with Crippen molar-refractivity contribution in [3.8, 4) is 5.69 Å². The van der Waals surface area contributed by atoms with E-state index in [0.717, 1.165) is 16.5 Å². The van der Waals surface area contributed by atoms with Gasteiger partial charge in [0.1, 0.15) is 6.33 Å². The summed E-state index contributed by atoms with van der Waals surface area (Å²) in [4.78, 5) is 28.8. The van der Waals surface area contributed by atoms with Gasteiger partial charge in [-0.3, -0.25) is 4.79 Å². The molecule has 4 rings (SSSR count). The summed E-state index contributed by atoms with van der Waals surface area (Å²) in [5.41, 5.74) is 1.58. The SMILES string of the molecule is O=C(OCC(=O)c1cccc2ccccc12)c1cn(-c2ccccc2)cn1. The number of nitrogens with zero attached hydrogens (tertiary/aromatic N) is 2. The van der Waals surface area contributed by atoms with Gasteiger partial charge < -0.3 is 9.30 Å². The lowest BCUT2D eigenvalue weighted by molar-refractivity contribution is 0.0470. The Bertz CT molecular complexity index is 1110. The number of ether oxygens (including phenoxy) is 1. The molecule has 0 amide bonds. The number of rotatable bonds is 5. The summed E-state index contributed by atoms with van der Waals surface area (Å²) in [7, 11) is 0. The summed E-state index contributed by atoms with van der Waals surface area (Å²) in [5.74, 6) is -0.874. The van der Waals surface area contributed by atoms with Crippen LogP contribution in [-0.4, -0.2) is 27.9 Å². The summed E-state index contributed by atoms with van der Waals surface area (Å²) in [5, 5.41) is 1.81. The van der Waals surface area contributed by atoms with E-state index in [1.807, 2.05) is 66.7 Å². The molecule has 27 heavy (non-hydrogen) atoms. The molecule has 0 spiro atoms. The zero-order valence-corrected chi connectivity index (χ0v) is 14.4. The fraction of sp³-hybridized carbons (Fsp3) is 0.0455. The van der Waals surface area contributed by atoms with Gasteiger partial charge in [-0.05, 0) is 22.9 Å². The molecule has 0 radical (unpaired) electrons. The minimum absolute atomic E-state index is 0.157. The molecule has 3 aromatic carbocycles. The standard InChI is InChI=1S/C22H16N2O3/c25-21(19-12-6-8-16-7-4-5-11-18(16)19)14-27-22(26)20-13-24(15-23-20)17-9-2-1-3-10-17/h1-13,15H,14H2. The predicted molar refractivity (Wildman–Crippen MR) is 102 cm³/mol. The number of ketones is 1. The van der Waals surface area contributed by atoms with E-state index >= 15 is 0 Å². The van der Waals surface area contributed by atoms with E-state index in [1.165, 1.54) is 0 Å². The molecular weight excluding hydrogens is 340 g/mol. The fourth-order valence-corrected chi connectivity index (χ4v) is 2.92. The van der Waals surface area contributed by atoms with Crippen LogP contribution in [0.15, 0.2) is 85.3 Å². The van der Waals surface area contributed by atoms with Crippen molar-refractivity contribution >= 4 is 22.5 Å². The molecule has 0 aliphatic carbocycles. The summed E-state index contributed by atoms with van der Waals surface area (Å²) in [6, 6.07) is 22.6. The normalized spacial score (nSPS) is 10.7. The first-order valence-electron chi connectivity index (χ1n) is 8.50. The Morgan fingerprint density at radius 3 is 2.48 bits per heavy atom. The molecule has 1 heterocycles. The van der Waals surface area contributed by atoms with Crippen LogP contribution in [0.4, 0.5) is 0 Å². The zero-order chi connectivity index (χ0) is 18.6. The molecule has 0 unspecified atom stereocenters. The highest BCUT2D eigenvalue weighted by Crippen LogP contribution is 2.19. The highest BCUT2D eigenvalue weighted by Gasteiger charge is 2.16. The molecule has 1 aromatic heterocycles. The van der Waals surface area contributed by atoms with Crippen molar-refractivity contribution in [3.63, 3.8) is 0 Å². The highest BCUT2D eigenvalue weighted by atomic mass is 16.5. The van der Waals surface area contributed by atoms with Crippen molar-refractivity contribution in [2.24, 2.45) is 0 Å². The van der Waals surface area contributed by atoms with Gasteiger partial charge in [-0.25, -0.2) is 9.78 Å². The van der Waals surface area contributed by atoms with E-state index in [-0.39, 0.29) is 18.1 Å². The van der Waals surface area contributed by atoms with Gasteiger partial charge in [0.15, 0.2) is 12.3 Å². The lowest BCUT2D eigenvalue weighted by Gasteiger charge is -2.06. The number of carbonyl (C=O) groups excluding carboxylic acids is 2. The third-order valence-corrected chi connectivity index (χ3v) is 4.27. The number of para-hydroxylation sites is 1. The van der Waals surface area contributed by atoms with E-state index in [1.54, 1.807) is 23.2 Å². The molecular formula is C22H16N2O3. The number of hydrogen-bond donors (Lipinski definition) is 0. The van der Waals surface area contributed by atoms with Crippen LogP contribution in [0, 0.1) is 0 Å². The van der Waals surface area contributed by atoms with Crippen LogP contribution < -0.4 is 0 Å². The zero-order valence-electron chi connectivity index (χ0n) is 14.4. The molecule has 132 valence electrons. The maximum absolute atomic E-state index is 12.5. The molecule has 0 bridgehead atoms. The third kappa shape index (κ3) is 3.48. The van der Waals surface area contributed by atoms with Gasteiger partial charge >= 0.3 is 5.97 Å². The molecule has 4 aromatic rings. The van der Waals surface area contributed by atoms with Crippen LogP contribution in [-0.2, 0) is 4.74 Å². The Balaban J connectivity index is 1.46. The Kier molecular flexibility index (Phi) is 4.49. The largest absolute Gasteiger partial charge is 0.453 e. The molecule has 0 aliphatic heterocycles. The maximum Gasteiger partial charge on any atom is 0.358 e. The van der Waals surface area contributed by atoms with Crippen molar-refractivity contribution in [1.29, 1.82) is 0 Å². The number of imidazole rings is 1. The van der Waals surface area contributed by atoms with Gasteiger partial charge in [-0.2, -0.15) is 0 Å². The molecule has 0 atom stereocenters. The Morgan fingerprint density at radius 2 is 1.63 bits per heavy atom. The molecule has 5 heteroatoms. The van der Waals surface area contributed by atoms with Crippen molar-refractivity contribution in [1.82, 2.24) is 9.55 Å². The topological polar surface area (TPSA) is 61.2 Å². The number of hydrogen-bond acceptors (Lipinski definition) is 4. The van der Waals surface area contributed by atoms with Gasteiger partial charge in [0.2, 0.25) is 5.78 Å². The van der Waals surface area contributed by atoms with Crippen LogP contribution in [0.25, 0.3) is 16.5 Å². The monoisotopic (exact) mass is 356 g/mol. The number of Topliss-reactive ketones (excluding diaryl/α,β-unsaturated/α-hetero) is 1. The maximum atomic E-state index is 12.5. The predicted octanol–water partition coefficient (Wildman–Crippen LogP) is 4.07. The van der Waals surface area contributed by atoms with Crippen molar-refractivity contribution in [3.05, 3.63) is 96.6 Å². The summed E-state index contributed by atoms with van der Waals surface area (Å²) >= 11 is 0. The van der Waals surface area contributed by atoms with Gasteiger partial charge in [-0.15, -0.1) is 0 Å². The molecule has 0 aliphatic rings. The van der Waals surface area contributed by atoms with Crippen LogP contribution in [0.3, 0.4) is 0 Å². The lowest BCUT2D eigenvalue weighted by atomic mass is 10.0. The molecule has 0 N–H and O–H groups in total. The number of esters is 1. The Labute approximate surface area is 155 Å². The van der Waals surface area contributed by atoms with Gasteiger partial charge in [0.25, 0.3) is 0 Å². The summed E-state index contributed by atoms with van der Waals surface area (Å²) < 4.78 is 6.90. The van der Waals surface area contributed by atoms with Crippen molar-refractivity contribution in [2.75, 3.05) is 6.61 Å². The van der Waals surface area contributed by atoms with Crippen LogP contribution in [0.1, 0.15) is 20.8 Å². The van der Waals surface area contributed by atoms with Crippen molar-refractivity contribution < 1.29 is 14.3 Å². The molecule has 5 nitrogen and oxygen atoms in total. The van der Waals surface area contributed by atoms with Crippen LogP contribution in [0.2, 0.25) is 0 Å². The average Bonchev–Trinajstić information content (AvgIpc) is 3.22. The lowest BCUT2D eigenvalue weighted by Crippen LogP contribution is -2.14. The summed E-state index contributed by atoms with van der Waals surface area (Å²) in [6.45, 7) is -0.328. The molecule has 0 fully saturated rings. The minimum atomic E-state index is -0.627. The van der Waals surface area contributed by atoms with Gasteiger partial charge in [-0.1, -0.05) is 60.7 Å². The molecule has 0 saturated heterocycles. The van der Waals surface area contributed by atoms with Crippen LogP contribution in [0.5, 0.6) is 0 Å². The number of benzene rings is 3. The molecule has 0 saturated carbocycles. The van der Waals surface area contributed by atoms with Gasteiger partial charge in [0, 0.05) is 17.4 Å². The first-order chi connectivity index (χ1) is 13.2. The second-order valence-corrected chi connectivity index (χ2v) is 6.03. The van der Waals surface area contributed by atoms with E-state index in [4.69, 9.17) is 4.74 Å². The number of carbonyl (C=O) groups is 2. The van der Waals surface area contributed by atoms with Crippen molar-refractivity contribution in [2.45, 2.75) is 0 Å². The smallest absolute Gasteiger partial charge is 0.358 e. The third-order valence-electron chi connectivity index (χ3n) is 4.27. The fourth-order valence-electron chi connectivity index (χ4n) is 2.92. The summed E-state index contributed by atoms with van der Waals surface area (Å²) in [6.07, 6.45) is 3.12. The van der Waals surface area contributed by atoms with E-state index < -0.39 is 5.97 Å². The van der Waals surface area contributed by atoms with E-state index in [9.17, 15) is 9.59 Å². The number of fused-ring (bicyclic) bond motifs is 1. The number of aromatic nitrogens is 2. The second kappa shape index (κ2) is 7.25. The average molecular weight is 356 g/mol. The first kappa shape index (κ1) is 16.7. The van der Waals surface area contributed by atoms with Crippen LogP contribution >= 0.6 is 0 Å². The Morgan fingerprint density at radius 1 is 0.889 bits per heavy atom. The minimum Gasteiger partial charge on any atom is -0.453 e. The highest BCUT2D eigenvalue weighted by molar-refractivity contribution is 6.09.